The Morgan fingerprint density at radius 1 is 1.41 bits per heavy atom. The van der Waals surface area contributed by atoms with Gasteiger partial charge in [0.1, 0.15) is 0 Å². The first-order valence-electron chi connectivity index (χ1n) is 5.74. The van der Waals surface area contributed by atoms with Crippen LogP contribution in [0.5, 0.6) is 0 Å². The van der Waals surface area contributed by atoms with Crippen molar-refractivity contribution in [2.24, 2.45) is 0 Å². The molecule has 0 aliphatic carbocycles. The van der Waals surface area contributed by atoms with Crippen LogP contribution in [0.25, 0.3) is 0 Å². The molecule has 2 nitrogen and oxygen atoms in total. The van der Waals surface area contributed by atoms with Crippen molar-refractivity contribution in [3.8, 4) is 0 Å². The molecule has 0 aromatic heterocycles. The molecule has 0 fully saturated rings. The average Bonchev–Trinajstić information content (AvgIpc) is 2.29. The number of benzene rings is 1. The molecule has 1 rings (SSSR count). The van der Waals surface area contributed by atoms with Crippen LogP contribution in [0.4, 0.5) is 0 Å². The summed E-state index contributed by atoms with van der Waals surface area (Å²) in [6, 6.07) is 8.07. The molecule has 0 saturated carbocycles. The molecule has 1 aromatic rings. The summed E-state index contributed by atoms with van der Waals surface area (Å²) < 4.78 is 1.04. The Morgan fingerprint density at radius 2 is 2.18 bits per heavy atom. The molecule has 1 N–H and O–H groups in total. The molecule has 0 spiro atoms. The van der Waals surface area contributed by atoms with E-state index in [0.29, 0.717) is 6.42 Å². The first-order valence-corrected chi connectivity index (χ1v) is 7.65. The van der Waals surface area contributed by atoms with E-state index in [-0.39, 0.29) is 11.9 Å². The number of amides is 1. The molecule has 4 heteroatoms. The zero-order chi connectivity index (χ0) is 12.7. The normalized spacial score (nSPS) is 12.2. The highest BCUT2D eigenvalue weighted by Crippen LogP contribution is 2.17. The van der Waals surface area contributed by atoms with Gasteiger partial charge in [0.15, 0.2) is 0 Å². The van der Waals surface area contributed by atoms with Crippen molar-refractivity contribution in [3.63, 3.8) is 0 Å². The molecule has 17 heavy (non-hydrogen) atoms. The zero-order valence-corrected chi connectivity index (χ0v) is 13.1. The number of hydrogen-bond donors (Lipinski definition) is 1. The minimum Gasteiger partial charge on any atom is -0.350 e. The monoisotopic (exact) mass is 361 g/mol. The maximum Gasteiger partial charge on any atom is 0.220 e. The molecule has 1 aromatic carbocycles. The second kappa shape index (κ2) is 7.88. The van der Waals surface area contributed by atoms with Gasteiger partial charge in [0, 0.05) is 16.2 Å². The number of carbonyl (C=O) groups excluding carboxylic acids is 1. The Kier molecular flexibility index (Phi) is 6.82. The number of rotatable bonds is 6. The minimum atomic E-state index is 0.0592. The molecule has 94 valence electrons. The van der Waals surface area contributed by atoms with E-state index in [1.54, 1.807) is 0 Å². The van der Waals surface area contributed by atoms with Crippen molar-refractivity contribution in [3.05, 3.63) is 34.3 Å². The second-order valence-electron chi connectivity index (χ2n) is 3.99. The molecule has 0 saturated heterocycles. The van der Waals surface area contributed by atoms with E-state index in [1.165, 1.54) is 0 Å². The fourth-order valence-corrected chi connectivity index (χ4v) is 2.37. The lowest BCUT2D eigenvalue weighted by molar-refractivity contribution is -0.121. The fraction of sp³-hybridized carbons (Fsp3) is 0.462. The van der Waals surface area contributed by atoms with Crippen molar-refractivity contribution in [1.29, 1.82) is 0 Å². The number of carbonyl (C=O) groups is 1. The Balaban J connectivity index is 2.43. The molecule has 1 amide bonds. The summed E-state index contributed by atoms with van der Waals surface area (Å²) in [6.45, 7) is 2.00. The van der Waals surface area contributed by atoms with Crippen LogP contribution in [0.2, 0.25) is 0 Å². The van der Waals surface area contributed by atoms with Gasteiger partial charge in [-0.15, -0.1) is 0 Å². The van der Waals surface area contributed by atoms with Crippen LogP contribution in [-0.4, -0.2) is 11.2 Å². The van der Waals surface area contributed by atoms with Crippen molar-refractivity contribution < 1.29 is 4.79 Å². The van der Waals surface area contributed by atoms with E-state index >= 15 is 0 Å². The van der Waals surface area contributed by atoms with Gasteiger partial charge in [-0.25, -0.2) is 0 Å². The van der Waals surface area contributed by atoms with Gasteiger partial charge in [0.25, 0.3) is 0 Å². The van der Waals surface area contributed by atoms with Gasteiger partial charge in [-0.3, -0.25) is 4.79 Å². The Hall–Kier alpha value is -0.350. The van der Waals surface area contributed by atoms with Crippen LogP contribution >= 0.6 is 31.9 Å². The van der Waals surface area contributed by atoms with Crippen LogP contribution < -0.4 is 5.32 Å². The summed E-state index contributed by atoms with van der Waals surface area (Å²) in [7, 11) is 0. The van der Waals surface area contributed by atoms with Gasteiger partial charge >= 0.3 is 0 Å². The summed E-state index contributed by atoms with van der Waals surface area (Å²) in [5, 5.41) is 3.97. The predicted molar refractivity (Wildman–Crippen MR) is 78.3 cm³/mol. The Morgan fingerprint density at radius 3 is 2.82 bits per heavy atom. The van der Waals surface area contributed by atoms with Gasteiger partial charge in [-0.1, -0.05) is 44.0 Å². The van der Waals surface area contributed by atoms with Gasteiger partial charge in [0.05, 0.1) is 6.04 Å². The summed E-state index contributed by atoms with van der Waals surface area (Å²) in [5.74, 6) is 0.124. The van der Waals surface area contributed by atoms with E-state index in [2.05, 4.69) is 37.2 Å². The first kappa shape index (κ1) is 14.7. The average molecular weight is 363 g/mol. The van der Waals surface area contributed by atoms with Gasteiger partial charge in [0.2, 0.25) is 5.91 Å². The topological polar surface area (TPSA) is 29.1 Å². The van der Waals surface area contributed by atoms with Gasteiger partial charge in [-0.2, -0.15) is 0 Å². The summed E-state index contributed by atoms with van der Waals surface area (Å²) >= 11 is 6.79. The lowest BCUT2D eigenvalue weighted by Crippen LogP contribution is -2.26. The van der Waals surface area contributed by atoms with Crippen LogP contribution in [0, 0.1) is 0 Å². The highest BCUT2D eigenvalue weighted by molar-refractivity contribution is 9.10. The largest absolute Gasteiger partial charge is 0.350 e. The SMILES string of the molecule is C[C@@H](NC(=O)CCCCBr)c1cccc(Br)c1. The van der Waals surface area contributed by atoms with E-state index < -0.39 is 0 Å². The van der Waals surface area contributed by atoms with Crippen LogP contribution in [0.15, 0.2) is 28.7 Å². The smallest absolute Gasteiger partial charge is 0.220 e. The molecular formula is C13H17Br2NO. The maximum absolute atomic E-state index is 11.6. The summed E-state index contributed by atoms with van der Waals surface area (Å²) in [4.78, 5) is 11.6. The summed E-state index contributed by atoms with van der Waals surface area (Å²) in [5.41, 5.74) is 1.12. The highest BCUT2D eigenvalue weighted by atomic mass is 79.9. The number of unbranched alkanes of at least 4 members (excludes halogenated alkanes) is 1. The number of alkyl halides is 1. The second-order valence-corrected chi connectivity index (χ2v) is 5.70. The summed E-state index contributed by atoms with van der Waals surface area (Å²) in [6.07, 6.45) is 2.57. The molecular weight excluding hydrogens is 346 g/mol. The third-order valence-corrected chi connectivity index (χ3v) is 3.57. The third-order valence-electron chi connectivity index (χ3n) is 2.51. The quantitative estimate of drug-likeness (QED) is 0.596. The van der Waals surface area contributed by atoms with Crippen molar-refractivity contribution in [1.82, 2.24) is 5.32 Å². The van der Waals surface area contributed by atoms with E-state index in [1.807, 2.05) is 31.2 Å². The number of halogens is 2. The van der Waals surface area contributed by atoms with Crippen LogP contribution in [0.3, 0.4) is 0 Å². The van der Waals surface area contributed by atoms with E-state index in [4.69, 9.17) is 0 Å². The zero-order valence-electron chi connectivity index (χ0n) is 9.88. The minimum absolute atomic E-state index is 0.0592. The molecule has 0 radical (unpaired) electrons. The van der Waals surface area contributed by atoms with Crippen molar-refractivity contribution in [2.45, 2.75) is 32.2 Å². The molecule has 0 aliphatic rings. The van der Waals surface area contributed by atoms with Gasteiger partial charge < -0.3 is 5.32 Å². The fourth-order valence-electron chi connectivity index (χ4n) is 1.55. The first-order chi connectivity index (χ1) is 8.13. The highest BCUT2D eigenvalue weighted by Gasteiger charge is 2.09. The predicted octanol–water partition coefficient (Wildman–Crippen LogP) is 4.19. The Labute approximate surface area is 119 Å². The van der Waals surface area contributed by atoms with E-state index in [0.717, 1.165) is 28.2 Å². The third kappa shape index (κ3) is 5.68. The maximum atomic E-state index is 11.6. The van der Waals surface area contributed by atoms with E-state index in [9.17, 15) is 4.79 Å². The van der Waals surface area contributed by atoms with Crippen molar-refractivity contribution in [2.75, 3.05) is 5.33 Å². The molecule has 0 unspecified atom stereocenters. The van der Waals surface area contributed by atoms with Crippen LogP contribution in [0.1, 0.15) is 37.8 Å². The number of nitrogens with one attached hydrogen (secondary N) is 1. The number of hydrogen-bond acceptors (Lipinski definition) is 1. The van der Waals surface area contributed by atoms with Gasteiger partial charge in [-0.05, 0) is 37.5 Å². The lowest BCUT2D eigenvalue weighted by Gasteiger charge is -2.14. The molecule has 0 heterocycles. The van der Waals surface area contributed by atoms with Crippen molar-refractivity contribution >= 4 is 37.8 Å². The standard InChI is InChI=1S/C13H17Br2NO/c1-10(11-5-4-6-12(15)9-11)16-13(17)7-2-3-8-14/h4-6,9-10H,2-3,7-8H2,1H3,(H,16,17)/t10-/m1/s1. The lowest BCUT2D eigenvalue weighted by atomic mass is 10.1. The molecule has 0 bridgehead atoms. The molecule has 1 atom stereocenters. The Bertz CT molecular complexity index is 368. The van der Waals surface area contributed by atoms with Crippen LogP contribution in [-0.2, 0) is 4.79 Å². The molecule has 0 aliphatic heterocycles.